The van der Waals surface area contributed by atoms with Gasteiger partial charge in [-0.05, 0) is 30.1 Å². The molecule has 96 valence electrons. The average Bonchev–Trinajstić information content (AvgIpc) is 2.79. The Hall–Kier alpha value is -1.45. The predicted octanol–water partition coefficient (Wildman–Crippen LogP) is 3.03. The van der Waals surface area contributed by atoms with Crippen molar-refractivity contribution in [2.75, 3.05) is 11.5 Å². The van der Waals surface area contributed by atoms with E-state index in [4.69, 9.17) is 0 Å². The van der Waals surface area contributed by atoms with Crippen molar-refractivity contribution in [1.82, 2.24) is 14.5 Å². The van der Waals surface area contributed by atoms with Crippen LogP contribution in [0.4, 0.5) is 0 Å². The van der Waals surface area contributed by atoms with Crippen molar-refractivity contribution in [3.05, 3.63) is 28.4 Å². The molecule has 19 heavy (non-hydrogen) atoms. The van der Waals surface area contributed by atoms with Crippen LogP contribution in [-0.4, -0.2) is 26.0 Å². The van der Waals surface area contributed by atoms with Crippen LogP contribution in [0.1, 0.15) is 12.2 Å². The number of hydrogen-bond donors (Lipinski definition) is 0. The number of pyridine rings is 1. The van der Waals surface area contributed by atoms with Gasteiger partial charge in [0.25, 0.3) is 0 Å². The molecule has 1 aliphatic rings. The molecular formula is C13H12N4S2. The number of nitrogens with zero attached hydrogens (tertiary/aromatic N) is 4. The number of imidazole rings is 1. The topological polar surface area (TPSA) is 54.5 Å². The third-order valence-electron chi connectivity index (χ3n) is 2.92. The van der Waals surface area contributed by atoms with Crippen molar-refractivity contribution in [2.24, 2.45) is 7.05 Å². The van der Waals surface area contributed by atoms with Gasteiger partial charge in [-0.2, -0.15) is 5.26 Å². The minimum absolute atomic E-state index is 0.676. The van der Waals surface area contributed by atoms with E-state index in [1.807, 2.05) is 23.7 Å². The first-order valence-corrected chi connectivity index (χ1v) is 7.96. The molecule has 0 radical (unpaired) electrons. The average molecular weight is 288 g/mol. The first-order valence-electron chi connectivity index (χ1n) is 5.99. The highest BCUT2D eigenvalue weighted by atomic mass is 32.2. The third-order valence-corrected chi connectivity index (χ3v) is 5.55. The molecule has 0 atom stereocenters. The molecule has 2 aromatic rings. The van der Waals surface area contributed by atoms with Gasteiger partial charge >= 0.3 is 0 Å². The van der Waals surface area contributed by atoms with Crippen molar-refractivity contribution in [1.29, 1.82) is 5.26 Å². The number of hydrogen-bond acceptors (Lipinski definition) is 5. The van der Waals surface area contributed by atoms with Gasteiger partial charge in [0, 0.05) is 13.2 Å². The molecule has 1 saturated heterocycles. The van der Waals surface area contributed by atoms with Crippen LogP contribution in [0, 0.1) is 11.3 Å². The fourth-order valence-electron chi connectivity index (χ4n) is 2.01. The van der Waals surface area contributed by atoms with Crippen LogP contribution in [0.3, 0.4) is 0 Å². The highest BCUT2D eigenvalue weighted by Crippen LogP contribution is 2.40. The quantitative estimate of drug-likeness (QED) is 0.755. The summed E-state index contributed by atoms with van der Waals surface area (Å²) < 4.78 is 2.99. The van der Waals surface area contributed by atoms with Crippen molar-refractivity contribution in [3.8, 4) is 6.07 Å². The number of nitriles is 1. The molecule has 0 bridgehead atoms. The summed E-state index contributed by atoms with van der Waals surface area (Å²) in [6.45, 7) is 0. The van der Waals surface area contributed by atoms with E-state index in [0.717, 1.165) is 26.9 Å². The number of aromatic nitrogens is 3. The van der Waals surface area contributed by atoms with Gasteiger partial charge in [0.2, 0.25) is 0 Å². The lowest BCUT2D eigenvalue weighted by atomic mass is 10.3. The molecule has 1 aliphatic heterocycles. The van der Waals surface area contributed by atoms with E-state index in [1.165, 1.54) is 6.42 Å². The summed E-state index contributed by atoms with van der Waals surface area (Å²) in [4.78, 5) is 8.87. The maximum Gasteiger partial charge on any atom is 0.160 e. The fourth-order valence-corrected chi connectivity index (χ4v) is 4.54. The summed E-state index contributed by atoms with van der Waals surface area (Å²) in [5.41, 5.74) is 2.33. The summed E-state index contributed by atoms with van der Waals surface area (Å²) in [5, 5.41) is 9.47. The van der Waals surface area contributed by atoms with Crippen molar-refractivity contribution >= 4 is 40.3 Å². The van der Waals surface area contributed by atoms with Gasteiger partial charge in [0.05, 0.1) is 4.24 Å². The molecule has 0 unspecified atom stereocenters. The van der Waals surface area contributed by atoms with Crippen LogP contribution >= 0.6 is 23.5 Å². The molecule has 3 rings (SSSR count). The van der Waals surface area contributed by atoms with Crippen molar-refractivity contribution in [2.45, 2.75) is 6.42 Å². The van der Waals surface area contributed by atoms with Crippen LogP contribution in [0.15, 0.2) is 22.6 Å². The second kappa shape index (κ2) is 5.27. The van der Waals surface area contributed by atoms with Crippen LogP contribution in [0.2, 0.25) is 0 Å². The van der Waals surface area contributed by atoms with Crippen molar-refractivity contribution < 1.29 is 0 Å². The Bertz CT molecular complexity index is 688. The van der Waals surface area contributed by atoms with E-state index in [2.05, 4.69) is 16.0 Å². The number of fused-ring (bicyclic) bond motifs is 1. The monoisotopic (exact) mass is 288 g/mol. The summed E-state index contributed by atoms with van der Waals surface area (Å²) in [6.07, 6.45) is 2.94. The largest absolute Gasteiger partial charge is 0.311 e. The highest BCUT2D eigenvalue weighted by molar-refractivity contribution is 8.23. The van der Waals surface area contributed by atoms with Crippen LogP contribution in [-0.2, 0) is 7.05 Å². The van der Waals surface area contributed by atoms with Gasteiger partial charge in [-0.15, -0.1) is 23.5 Å². The van der Waals surface area contributed by atoms with E-state index in [9.17, 15) is 5.26 Å². The lowest BCUT2D eigenvalue weighted by Crippen LogP contribution is -2.01. The van der Waals surface area contributed by atoms with Gasteiger partial charge in [0.15, 0.2) is 11.5 Å². The normalized spacial score (nSPS) is 15.5. The van der Waals surface area contributed by atoms with Crippen LogP contribution in [0.5, 0.6) is 0 Å². The summed E-state index contributed by atoms with van der Waals surface area (Å²) >= 11 is 3.51. The molecule has 0 spiro atoms. The maximum absolute atomic E-state index is 9.47. The van der Waals surface area contributed by atoms with Gasteiger partial charge in [-0.1, -0.05) is 0 Å². The Kier molecular flexibility index (Phi) is 3.49. The van der Waals surface area contributed by atoms with Gasteiger partial charge < -0.3 is 4.57 Å². The highest BCUT2D eigenvalue weighted by Gasteiger charge is 2.19. The summed E-state index contributed by atoms with van der Waals surface area (Å²) in [6, 6.07) is 6.10. The molecule has 1 fully saturated rings. The SMILES string of the molecule is Cn1c(C(C#N)=C2SCCCS2)nc2cccnc21. The molecule has 4 nitrogen and oxygen atoms in total. The molecule has 0 N–H and O–H groups in total. The third kappa shape index (κ3) is 2.24. The van der Waals surface area contributed by atoms with E-state index >= 15 is 0 Å². The number of allylic oxidation sites excluding steroid dienone is 1. The molecular weight excluding hydrogens is 276 g/mol. The van der Waals surface area contributed by atoms with Gasteiger partial charge in [-0.3, -0.25) is 0 Å². The lowest BCUT2D eigenvalue weighted by Gasteiger charge is -2.14. The molecule has 2 aromatic heterocycles. The zero-order valence-corrected chi connectivity index (χ0v) is 12.1. The Morgan fingerprint density at radius 1 is 1.42 bits per heavy atom. The molecule has 0 aliphatic carbocycles. The second-order valence-corrected chi connectivity index (χ2v) is 6.63. The molecule has 0 amide bonds. The number of rotatable bonds is 1. The Labute approximate surface area is 119 Å². The first kappa shape index (κ1) is 12.6. The Morgan fingerprint density at radius 3 is 2.89 bits per heavy atom. The van der Waals surface area contributed by atoms with Crippen LogP contribution in [0.25, 0.3) is 16.7 Å². The minimum atomic E-state index is 0.676. The molecule has 3 heterocycles. The van der Waals surface area contributed by atoms with E-state index in [0.29, 0.717) is 11.4 Å². The minimum Gasteiger partial charge on any atom is -0.311 e. The Morgan fingerprint density at radius 2 is 2.21 bits per heavy atom. The van der Waals surface area contributed by atoms with Crippen LogP contribution < -0.4 is 0 Å². The maximum atomic E-state index is 9.47. The summed E-state index contributed by atoms with van der Waals surface area (Å²) in [5.74, 6) is 2.87. The van der Waals surface area contributed by atoms with Gasteiger partial charge in [-0.25, -0.2) is 9.97 Å². The number of aryl methyl sites for hydroxylation is 1. The number of thioether (sulfide) groups is 2. The Balaban J connectivity index is 2.17. The van der Waals surface area contributed by atoms with E-state index in [-0.39, 0.29) is 0 Å². The second-order valence-electron chi connectivity index (χ2n) is 4.17. The zero-order valence-electron chi connectivity index (χ0n) is 10.5. The molecule has 6 heteroatoms. The zero-order chi connectivity index (χ0) is 13.2. The smallest absolute Gasteiger partial charge is 0.160 e. The molecule has 0 saturated carbocycles. The van der Waals surface area contributed by atoms with E-state index < -0.39 is 0 Å². The standard InChI is InChI=1S/C13H12N4S2/c1-17-11(16-10-4-2-5-15-12(10)17)9(8-14)13-18-6-3-7-19-13/h2,4-5H,3,6-7H2,1H3. The summed E-state index contributed by atoms with van der Waals surface area (Å²) in [7, 11) is 1.91. The van der Waals surface area contributed by atoms with Crippen molar-refractivity contribution in [3.63, 3.8) is 0 Å². The molecule has 0 aromatic carbocycles. The fraction of sp³-hybridized carbons (Fsp3) is 0.308. The van der Waals surface area contributed by atoms with Gasteiger partial charge in [0.1, 0.15) is 17.2 Å². The van der Waals surface area contributed by atoms with E-state index in [1.54, 1.807) is 29.7 Å². The first-order chi connectivity index (χ1) is 9.31. The lowest BCUT2D eigenvalue weighted by molar-refractivity contribution is 0.909. The predicted molar refractivity (Wildman–Crippen MR) is 80.6 cm³/mol.